The standard InChI is InChI=1S/C18H19FN2O/c1-21(18(22)20-15-11-9-14(19)10-12-15)17-8-4-6-13-5-2-3-7-16(13)17/h2-3,5,7,9-12,17H,4,6,8H2,1H3,(H,20,22). The van der Waals surface area contributed by atoms with Gasteiger partial charge in [0.2, 0.25) is 0 Å². The molecule has 0 fully saturated rings. The Balaban J connectivity index is 1.75. The number of nitrogens with one attached hydrogen (secondary N) is 1. The van der Waals surface area contributed by atoms with Crippen LogP contribution < -0.4 is 5.32 Å². The molecule has 0 heterocycles. The van der Waals surface area contributed by atoms with Gasteiger partial charge in [0, 0.05) is 12.7 Å². The number of nitrogens with zero attached hydrogens (tertiary/aromatic N) is 1. The normalized spacial score (nSPS) is 16.7. The van der Waals surface area contributed by atoms with Crippen LogP contribution in [0.25, 0.3) is 0 Å². The molecule has 0 aliphatic heterocycles. The molecule has 1 aliphatic rings. The van der Waals surface area contributed by atoms with Crippen molar-refractivity contribution in [1.82, 2.24) is 4.90 Å². The van der Waals surface area contributed by atoms with Gasteiger partial charge in [-0.3, -0.25) is 0 Å². The highest BCUT2D eigenvalue weighted by molar-refractivity contribution is 5.89. The smallest absolute Gasteiger partial charge is 0.321 e. The van der Waals surface area contributed by atoms with Gasteiger partial charge in [0.05, 0.1) is 6.04 Å². The Bertz CT molecular complexity index is 669. The number of carbonyl (C=O) groups is 1. The van der Waals surface area contributed by atoms with E-state index in [-0.39, 0.29) is 17.9 Å². The molecule has 3 nitrogen and oxygen atoms in total. The number of anilines is 1. The molecule has 2 aromatic carbocycles. The van der Waals surface area contributed by atoms with Crippen LogP contribution in [0.1, 0.15) is 30.0 Å². The third-order valence-electron chi connectivity index (χ3n) is 4.22. The fraction of sp³-hybridized carbons (Fsp3) is 0.278. The number of rotatable bonds is 2. The molecule has 4 heteroatoms. The zero-order valence-corrected chi connectivity index (χ0v) is 12.6. The summed E-state index contributed by atoms with van der Waals surface area (Å²) in [5.41, 5.74) is 3.15. The highest BCUT2D eigenvalue weighted by Gasteiger charge is 2.26. The van der Waals surface area contributed by atoms with Crippen molar-refractivity contribution in [2.45, 2.75) is 25.3 Å². The maximum Gasteiger partial charge on any atom is 0.322 e. The molecule has 0 bridgehead atoms. The third-order valence-corrected chi connectivity index (χ3v) is 4.22. The van der Waals surface area contributed by atoms with Crippen molar-refractivity contribution in [3.8, 4) is 0 Å². The lowest BCUT2D eigenvalue weighted by atomic mass is 9.87. The van der Waals surface area contributed by atoms with Crippen molar-refractivity contribution >= 4 is 11.7 Å². The first-order valence-corrected chi connectivity index (χ1v) is 7.52. The van der Waals surface area contributed by atoms with E-state index in [1.165, 1.54) is 23.3 Å². The summed E-state index contributed by atoms with van der Waals surface area (Å²) in [6, 6.07) is 14.0. The molecule has 2 aromatic rings. The number of aryl methyl sites for hydroxylation is 1. The number of urea groups is 1. The molecule has 2 amide bonds. The monoisotopic (exact) mass is 298 g/mol. The SMILES string of the molecule is CN(C(=O)Nc1ccc(F)cc1)C1CCCc2ccccc21. The van der Waals surface area contributed by atoms with Crippen LogP contribution in [0.3, 0.4) is 0 Å². The Morgan fingerprint density at radius 3 is 2.68 bits per heavy atom. The summed E-state index contributed by atoms with van der Waals surface area (Å²) in [6.45, 7) is 0. The number of carbonyl (C=O) groups excluding carboxylic acids is 1. The number of hydrogen-bond donors (Lipinski definition) is 1. The van der Waals surface area contributed by atoms with E-state index >= 15 is 0 Å². The molecule has 0 spiro atoms. The molecule has 0 radical (unpaired) electrons. The second-order valence-electron chi connectivity index (χ2n) is 5.65. The average molecular weight is 298 g/mol. The van der Waals surface area contributed by atoms with Crippen molar-refractivity contribution in [2.75, 3.05) is 12.4 Å². The Hall–Kier alpha value is -2.36. The molecule has 0 saturated carbocycles. The molecular weight excluding hydrogens is 279 g/mol. The van der Waals surface area contributed by atoms with Crippen LogP contribution in [-0.4, -0.2) is 18.0 Å². The highest BCUT2D eigenvalue weighted by atomic mass is 19.1. The van der Waals surface area contributed by atoms with Crippen LogP contribution in [0.4, 0.5) is 14.9 Å². The van der Waals surface area contributed by atoms with Crippen LogP contribution in [0, 0.1) is 5.82 Å². The van der Waals surface area contributed by atoms with Crippen molar-refractivity contribution in [3.63, 3.8) is 0 Å². The first kappa shape index (κ1) is 14.6. The van der Waals surface area contributed by atoms with Gasteiger partial charge in [0.25, 0.3) is 0 Å². The summed E-state index contributed by atoms with van der Waals surface area (Å²) < 4.78 is 12.9. The number of amides is 2. The van der Waals surface area contributed by atoms with E-state index in [4.69, 9.17) is 0 Å². The molecule has 1 aliphatic carbocycles. The topological polar surface area (TPSA) is 32.3 Å². The number of benzene rings is 2. The predicted octanol–water partition coefficient (Wildman–Crippen LogP) is 4.37. The molecular formula is C18H19FN2O. The minimum Gasteiger partial charge on any atom is -0.321 e. The quantitative estimate of drug-likeness (QED) is 0.877. The number of fused-ring (bicyclic) bond motifs is 1. The molecule has 114 valence electrons. The second-order valence-corrected chi connectivity index (χ2v) is 5.65. The van der Waals surface area contributed by atoms with Gasteiger partial charge in [-0.15, -0.1) is 0 Å². The van der Waals surface area contributed by atoms with Gasteiger partial charge in [-0.05, 0) is 54.7 Å². The summed E-state index contributed by atoms with van der Waals surface area (Å²) in [4.78, 5) is 14.2. The van der Waals surface area contributed by atoms with Crippen molar-refractivity contribution in [1.29, 1.82) is 0 Å². The minimum absolute atomic E-state index is 0.0883. The molecule has 3 rings (SSSR count). The lowest BCUT2D eigenvalue weighted by Gasteiger charge is -2.33. The zero-order chi connectivity index (χ0) is 15.5. The van der Waals surface area contributed by atoms with E-state index in [0.717, 1.165) is 19.3 Å². The van der Waals surface area contributed by atoms with Gasteiger partial charge in [-0.1, -0.05) is 24.3 Å². The maximum absolute atomic E-state index is 12.9. The Labute approximate surface area is 129 Å². The molecule has 0 aromatic heterocycles. The van der Waals surface area contributed by atoms with Crippen molar-refractivity contribution in [3.05, 3.63) is 65.5 Å². The lowest BCUT2D eigenvalue weighted by molar-refractivity contribution is 0.197. The van der Waals surface area contributed by atoms with E-state index in [1.807, 2.05) is 19.2 Å². The number of hydrogen-bond acceptors (Lipinski definition) is 1. The molecule has 0 saturated heterocycles. The van der Waals surface area contributed by atoms with Gasteiger partial charge >= 0.3 is 6.03 Å². The van der Waals surface area contributed by atoms with Crippen LogP contribution in [0.2, 0.25) is 0 Å². The minimum atomic E-state index is -0.312. The molecule has 1 atom stereocenters. The van der Waals surface area contributed by atoms with Crippen molar-refractivity contribution in [2.24, 2.45) is 0 Å². The summed E-state index contributed by atoms with van der Waals surface area (Å²) in [5, 5.41) is 2.82. The summed E-state index contributed by atoms with van der Waals surface area (Å²) >= 11 is 0. The zero-order valence-electron chi connectivity index (χ0n) is 12.6. The van der Waals surface area contributed by atoms with Gasteiger partial charge in [0.15, 0.2) is 0 Å². The highest BCUT2D eigenvalue weighted by Crippen LogP contribution is 2.33. The Morgan fingerprint density at radius 1 is 1.18 bits per heavy atom. The van der Waals surface area contributed by atoms with Gasteiger partial charge in [0.1, 0.15) is 5.82 Å². The second kappa shape index (κ2) is 6.18. The fourth-order valence-corrected chi connectivity index (χ4v) is 3.02. The van der Waals surface area contributed by atoms with Gasteiger partial charge < -0.3 is 10.2 Å². The van der Waals surface area contributed by atoms with Crippen molar-refractivity contribution < 1.29 is 9.18 Å². The molecule has 1 N–H and O–H groups in total. The predicted molar refractivity (Wildman–Crippen MR) is 85.3 cm³/mol. The van der Waals surface area contributed by atoms with E-state index in [2.05, 4.69) is 17.4 Å². The van der Waals surface area contributed by atoms with E-state index in [0.29, 0.717) is 5.69 Å². The Morgan fingerprint density at radius 2 is 1.91 bits per heavy atom. The summed E-state index contributed by atoms with van der Waals surface area (Å²) in [6.07, 6.45) is 3.11. The molecule has 22 heavy (non-hydrogen) atoms. The van der Waals surface area contributed by atoms with E-state index in [1.54, 1.807) is 17.0 Å². The first-order valence-electron chi connectivity index (χ1n) is 7.52. The molecule has 1 unspecified atom stereocenters. The lowest BCUT2D eigenvalue weighted by Crippen LogP contribution is -2.36. The van der Waals surface area contributed by atoms with Crippen LogP contribution in [0.15, 0.2) is 48.5 Å². The first-order chi connectivity index (χ1) is 10.6. The van der Waals surface area contributed by atoms with Crippen LogP contribution in [0.5, 0.6) is 0 Å². The van der Waals surface area contributed by atoms with Gasteiger partial charge in [-0.25, -0.2) is 9.18 Å². The largest absolute Gasteiger partial charge is 0.322 e. The van der Waals surface area contributed by atoms with Crippen LogP contribution in [-0.2, 0) is 6.42 Å². The number of halogens is 1. The summed E-state index contributed by atoms with van der Waals surface area (Å²) in [7, 11) is 1.81. The summed E-state index contributed by atoms with van der Waals surface area (Å²) in [5.74, 6) is -0.312. The third kappa shape index (κ3) is 2.96. The fourth-order valence-electron chi connectivity index (χ4n) is 3.02. The Kier molecular flexibility index (Phi) is 4.09. The maximum atomic E-state index is 12.9. The van der Waals surface area contributed by atoms with E-state index in [9.17, 15) is 9.18 Å². The van der Waals surface area contributed by atoms with E-state index < -0.39 is 0 Å². The average Bonchev–Trinajstić information content (AvgIpc) is 2.55. The van der Waals surface area contributed by atoms with Crippen LogP contribution >= 0.6 is 0 Å². The van der Waals surface area contributed by atoms with Gasteiger partial charge in [-0.2, -0.15) is 0 Å².